The van der Waals surface area contributed by atoms with Gasteiger partial charge in [0.2, 0.25) is 0 Å². The second kappa shape index (κ2) is 5.72. The van der Waals surface area contributed by atoms with Crippen molar-refractivity contribution >= 4 is 23.3 Å². The van der Waals surface area contributed by atoms with Crippen LogP contribution in [0.1, 0.15) is 23.7 Å². The zero-order chi connectivity index (χ0) is 12.1. The van der Waals surface area contributed by atoms with Crippen molar-refractivity contribution in [1.29, 1.82) is 0 Å². The molecule has 0 fully saturated rings. The Morgan fingerprint density at radius 3 is 2.81 bits per heavy atom. The molecule has 1 aromatic carbocycles. The molecule has 0 bridgehead atoms. The van der Waals surface area contributed by atoms with Crippen LogP contribution in [0.15, 0.2) is 18.2 Å². The summed E-state index contributed by atoms with van der Waals surface area (Å²) in [6.07, 6.45) is 0.130. The molecule has 3 N–H and O–H groups in total. The molecule has 0 spiro atoms. The number of carboxylic acids is 1. The van der Waals surface area contributed by atoms with E-state index in [1.807, 2.05) is 0 Å². The smallest absolute Gasteiger partial charge is 0.339 e. The Bertz CT molecular complexity index is 379. The number of aromatic carboxylic acids is 1. The van der Waals surface area contributed by atoms with Gasteiger partial charge in [0.15, 0.2) is 0 Å². The topological polar surface area (TPSA) is 69.6 Å². The average Bonchev–Trinajstić information content (AvgIpc) is 2.16. The Kier molecular flexibility index (Phi) is 4.58. The minimum atomic E-state index is -1.06. The highest BCUT2D eigenvalue weighted by Crippen LogP contribution is 2.24. The molecule has 0 radical (unpaired) electrons. The van der Waals surface area contributed by atoms with Gasteiger partial charge in [0, 0.05) is 6.54 Å². The van der Waals surface area contributed by atoms with E-state index >= 15 is 0 Å². The number of hydrogen-bond donors (Lipinski definition) is 3. The molecule has 0 amide bonds. The first-order valence-electron chi connectivity index (χ1n) is 4.96. The number of aliphatic hydroxyl groups is 1. The quantitative estimate of drug-likeness (QED) is 0.742. The minimum absolute atomic E-state index is 0.0646. The number of aliphatic hydroxyl groups excluding tert-OH is 1. The number of carboxylic acid groups (broad SMARTS) is 1. The molecule has 5 heteroatoms. The van der Waals surface area contributed by atoms with Crippen LogP contribution in [0.4, 0.5) is 5.69 Å². The van der Waals surface area contributed by atoms with Crippen LogP contribution in [0.25, 0.3) is 0 Å². The molecule has 0 saturated carbocycles. The van der Waals surface area contributed by atoms with Gasteiger partial charge in [0.05, 0.1) is 16.8 Å². The fraction of sp³-hybridized carbons (Fsp3) is 0.364. The Labute approximate surface area is 98.9 Å². The van der Waals surface area contributed by atoms with Crippen molar-refractivity contribution in [2.45, 2.75) is 19.4 Å². The van der Waals surface area contributed by atoms with Gasteiger partial charge >= 0.3 is 5.97 Å². The lowest BCUT2D eigenvalue weighted by molar-refractivity contribution is 0.0698. The van der Waals surface area contributed by atoms with E-state index in [0.717, 1.165) is 0 Å². The predicted octanol–water partition coefficient (Wildman–Crippen LogP) is 2.22. The van der Waals surface area contributed by atoms with E-state index in [0.29, 0.717) is 18.7 Å². The molecular formula is C11H14ClNO3. The number of anilines is 1. The third-order valence-corrected chi connectivity index (χ3v) is 2.42. The third kappa shape index (κ3) is 3.40. The van der Waals surface area contributed by atoms with Gasteiger partial charge in [-0.3, -0.25) is 0 Å². The highest BCUT2D eigenvalue weighted by Gasteiger charge is 2.13. The molecule has 0 heterocycles. The molecule has 1 rings (SSSR count). The van der Waals surface area contributed by atoms with Crippen molar-refractivity contribution in [2.24, 2.45) is 0 Å². The second-order valence-corrected chi connectivity index (χ2v) is 3.94. The van der Waals surface area contributed by atoms with Crippen molar-refractivity contribution in [2.75, 3.05) is 11.9 Å². The maximum atomic E-state index is 11.0. The third-order valence-electron chi connectivity index (χ3n) is 2.11. The van der Waals surface area contributed by atoms with Crippen molar-refractivity contribution < 1.29 is 15.0 Å². The van der Waals surface area contributed by atoms with Gasteiger partial charge in [-0.05, 0) is 25.5 Å². The van der Waals surface area contributed by atoms with Crippen LogP contribution >= 0.6 is 11.6 Å². The highest BCUT2D eigenvalue weighted by molar-refractivity contribution is 6.34. The van der Waals surface area contributed by atoms with Gasteiger partial charge in [-0.25, -0.2) is 4.79 Å². The van der Waals surface area contributed by atoms with Gasteiger partial charge < -0.3 is 15.5 Å². The summed E-state index contributed by atoms with van der Waals surface area (Å²) in [6, 6.07) is 4.86. The average molecular weight is 244 g/mol. The minimum Gasteiger partial charge on any atom is -0.478 e. The van der Waals surface area contributed by atoms with E-state index < -0.39 is 12.1 Å². The number of rotatable bonds is 5. The molecule has 0 aromatic heterocycles. The van der Waals surface area contributed by atoms with E-state index in [9.17, 15) is 4.79 Å². The molecular weight excluding hydrogens is 230 g/mol. The Morgan fingerprint density at radius 1 is 1.56 bits per heavy atom. The fourth-order valence-corrected chi connectivity index (χ4v) is 1.56. The number of carbonyl (C=O) groups is 1. The van der Waals surface area contributed by atoms with E-state index in [1.165, 1.54) is 6.07 Å². The summed E-state index contributed by atoms with van der Waals surface area (Å²) in [6.45, 7) is 2.18. The van der Waals surface area contributed by atoms with Crippen LogP contribution in [0, 0.1) is 0 Å². The molecule has 1 unspecified atom stereocenters. The largest absolute Gasteiger partial charge is 0.478 e. The first-order chi connectivity index (χ1) is 7.52. The summed E-state index contributed by atoms with van der Waals surface area (Å²) in [4.78, 5) is 11.0. The number of hydrogen-bond acceptors (Lipinski definition) is 3. The summed E-state index contributed by atoms with van der Waals surface area (Å²) in [5.41, 5.74) is 0.537. The fourth-order valence-electron chi connectivity index (χ4n) is 1.30. The van der Waals surface area contributed by atoms with Crippen LogP contribution < -0.4 is 5.32 Å². The van der Waals surface area contributed by atoms with Crippen LogP contribution in [0.2, 0.25) is 5.02 Å². The Hall–Kier alpha value is -1.26. The van der Waals surface area contributed by atoms with Crippen LogP contribution in [-0.4, -0.2) is 28.8 Å². The molecule has 0 aliphatic rings. The number of benzene rings is 1. The molecule has 1 aromatic rings. The molecule has 0 aliphatic carbocycles. The Morgan fingerprint density at radius 2 is 2.25 bits per heavy atom. The summed E-state index contributed by atoms with van der Waals surface area (Å²) in [7, 11) is 0. The summed E-state index contributed by atoms with van der Waals surface area (Å²) < 4.78 is 0. The second-order valence-electron chi connectivity index (χ2n) is 3.53. The first kappa shape index (κ1) is 12.8. The van der Waals surface area contributed by atoms with Gasteiger partial charge in [0.25, 0.3) is 0 Å². The van der Waals surface area contributed by atoms with E-state index in [2.05, 4.69) is 5.32 Å². The van der Waals surface area contributed by atoms with Crippen LogP contribution in [0.5, 0.6) is 0 Å². The monoisotopic (exact) mass is 243 g/mol. The van der Waals surface area contributed by atoms with E-state index in [-0.39, 0.29) is 10.6 Å². The summed E-state index contributed by atoms with van der Waals surface area (Å²) >= 11 is 5.80. The van der Waals surface area contributed by atoms with Crippen molar-refractivity contribution in [3.05, 3.63) is 28.8 Å². The lowest BCUT2D eigenvalue weighted by Gasteiger charge is -2.11. The van der Waals surface area contributed by atoms with Crippen molar-refractivity contribution in [3.8, 4) is 0 Å². The maximum absolute atomic E-state index is 11.0. The first-order valence-corrected chi connectivity index (χ1v) is 5.34. The number of halogens is 1. The normalized spacial score (nSPS) is 12.2. The molecule has 0 saturated heterocycles. The zero-order valence-corrected chi connectivity index (χ0v) is 9.66. The van der Waals surface area contributed by atoms with Crippen LogP contribution in [-0.2, 0) is 0 Å². The van der Waals surface area contributed by atoms with Gasteiger partial charge in [-0.1, -0.05) is 17.7 Å². The van der Waals surface area contributed by atoms with E-state index in [1.54, 1.807) is 19.1 Å². The SMILES string of the molecule is CC(O)CCNc1cccc(Cl)c1C(=O)O. The summed E-state index contributed by atoms with van der Waals surface area (Å²) in [5, 5.41) is 21.2. The molecule has 0 aliphatic heterocycles. The molecule has 1 atom stereocenters. The maximum Gasteiger partial charge on any atom is 0.339 e. The van der Waals surface area contributed by atoms with Gasteiger partial charge in [-0.2, -0.15) is 0 Å². The van der Waals surface area contributed by atoms with Crippen molar-refractivity contribution in [3.63, 3.8) is 0 Å². The number of nitrogens with one attached hydrogen (secondary N) is 1. The van der Waals surface area contributed by atoms with Crippen molar-refractivity contribution in [1.82, 2.24) is 0 Å². The summed E-state index contributed by atoms with van der Waals surface area (Å²) in [5.74, 6) is -1.06. The molecule has 4 nitrogen and oxygen atoms in total. The lowest BCUT2D eigenvalue weighted by Crippen LogP contribution is -2.12. The van der Waals surface area contributed by atoms with Crippen LogP contribution in [0.3, 0.4) is 0 Å². The lowest BCUT2D eigenvalue weighted by atomic mass is 10.1. The van der Waals surface area contributed by atoms with Gasteiger partial charge in [0.1, 0.15) is 5.56 Å². The Balaban J connectivity index is 2.79. The highest BCUT2D eigenvalue weighted by atomic mass is 35.5. The molecule has 16 heavy (non-hydrogen) atoms. The zero-order valence-electron chi connectivity index (χ0n) is 8.90. The molecule has 88 valence electrons. The van der Waals surface area contributed by atoms with Gasteiger partial charge in [-0.15, -0.1) is 0 Å². The standard InChI is InChI=1S/C11H14ClNO3/c1-7(14)5-6-13-9-4-2-3-8(12)10(9)11(15)16/h2-4,7,13-14H,5-6H2,1H3,(H,15,16). The predicted molar refractivity (Wildman–Crippen MR) is 63.2 cm³/mol. The van der Waals surface area contributed by atoms with E-state index in [4.69, 9.17) is 21.8 Å².